The number of piperazine rings is 1. The van der Waals surface area contributed by atoms with Crippen molar-refractivity contribution in [3.8, 4) is 0 Å². The van der Waals surface area contributed by atoms with E-state index in [0.29, 0.717) is 0 Å². The first-order valence-electron chi connectivity index (χ1n) is 7.43. The van der Waals surface area contributed by atoms with E-state index in [1.54, 1.807) is 0 Å². The second-order valence-corrected chi connectivity index (χ2v) is 6.60. The van der Waals surface area contributed by atoms with E-state index in [-0.39, 0.29) is 5.54 Å². The second kappa shape index (κ2) is 4.52. The zero-order valence-corrected chi connectivity index (χ0v) is 11.2. The minimum atomic E-state index is 0.201. The summed E-state index contributed by atoms with van der Waals surface area (Å²) < 4.78 is 0. The first-order valence-corrected chi connectivity index (χ1v) is 7.43. The van der Waals surface area contributed by atoms with E-state index < -0.39 is 0 Å². The highest BCUT2D eigenvalue weighted by molar-refractivity contribution is 4.95. The van der Waals surface area contributed by atoms with E-state index in [1.165, 1.54) is 64.7 Å². The van der Waals surface area contributed by atoms with Crippen LogP contribution < -0.4 is 5.73 Å². The molecule has 0 amide bonds. The largest absolute Gasteiger partial charge is 0.325 e. The number of rotatable bonds is 3. The van der Waals surface area contributed by atoms with Gasteiger partial charge in [-0.1, -0.05) is 0 Å². The Labute approximate surface area is 105 Å². The lowest BCUT2D eigenvalue weighted by Gasteiger charge is -2.45. The van der Waals surface area contributed by atoms with E-state index in [2.05, 4.69) is 16.7 Å². The molecule has 2 aliphatic heterocycles. The predicted octanol–water partition coefficient (Wildman–Crippen LogP) is 1.43. The van der Waals surface area contributed by atoms with E-state index in [1.807, 2.05) is 0 Å². The van der Waals surface area contributed by atoms with E-state index >= 15 is 0 Å². The fraction of sp³-hybridized carbons (Fsp3) is 1.00. The van der Waals surface area contributed by atoms with Crippen LogP contribution in [0.25, 0.3) is 0 Å². The van der Waals surface area contributed by atoms with Crippen molar-refractivity contribution in [1.82, 2.24) is 9.80 Å². The summed E-state index contributed by atoms with van der Waals surface area (Å²) in [5.41, 5.74) is 6.54. The Morgan fingerprint density at radius 1 is 1.24 bits per heavy atom. The molecule has 0 radical (unpaired) electrons. The summed E-state index contributed by atoms with van der Waals surface area (Å²) in [7, 11) is 0. The molecule has 3 nitrogen and oxygen atoms in total. The topological polar surface area (TPSA) is 32.5 Å². The van der Waals surface area contributed by atoms with Crippen LogP contribution in [0.1, 0.15) is 45.4 Å². The van der Waals surface area contributed by atoms with Crippen molar-refractivity contribution in [2.24, 2.45) is 5.73 Å². The van der Waals surface area contributed by atoms with Crippen LogP contribution >= 0.6 is 0 Å². The molecule has 2 N–H and O–H groups in total. The summed E-state index contributed by atoms with van der Waals surface area (Å²) in [6.45, 7) is 7.52. The molecule has 3 fully saturated rings. The molecule has 0 spiro atoms. The SMILES string of the molecule is CC1CN2CCCC2CN1CCC1(N)CCC1. The predicted molar refractivity (Wildman–Crippen MR) is 71.0 cm³/mol. The van der Waals surface area contributed by atoms with Crippen LogP contribution in [0.15, 0.2) is 0 Å². The smallest absolute Gasteiger partial charge is 0.0224 e. The van der Waals surface area contributed by atoms with Crippen molar-refractivity contribution < 1.29 is 0 Å². The summed E-state index contributed by atoms with van der Waals surface area (Å²) in [5.74, 6) is 0. The summed E-state index contributed by atoms with van der Waals surface area (Å²) in [5, 5.41) is 0. The third-order valence-electron chi connectivity index (χ3n) is 5.31. The quantitative estimate of drug-likeness (QED) is 0.806. The standard InChI is InChI=1S/C14H27N3/c1-12-10-17-8-2-4-13(17)11-16(12)9-7-14(15)5-3-6-14/h12-13H,2-11,15H2,1H3. The Bertz CT molecular complexity index is 275. The third-order valence-corrected chi connectivity index (χ3v) is 5.31. The zero-order chi connectivity index (χ0) is 11.9. The van der Waals surface area contributed by atoms with Crippen LogP contribution in [0.4, 0.5) is 0 Å². The molecule has 3 rings (SSSR count). The molecular weight excluding hydrogens is 210 g/mol. The van der Waals surface area contributed by atoms with Gasteiger partial charge in [0.05, 0.1) is 0 Å². The molecule has 2 saturated heterocycles. The molecule has 2 heterocycles. The van der Waals surface area contributed by atoms with Crippen molar-refractivity contribution in [3.05, 3.63) is 0 Å². The van der Waals surface area contributed by atoms with Gasteiger partial charge in [0.15, 0.2) is 0 Å². The Hall–Kier alpha value is -0.120. The van der Waals surface area contributed by atoms with Gasteiger partial charge in [-0.2, -0.15) is 0 Å². The van der Waals surface area contributed by atoms with Crippen molar-refractivity contribution in [2.45, 2.75) is 63.1 Å². The van der Waals surface area contributed by atoms with Gasteiger partial charge in [0, 0.05) is 37.3 Å². The van der Waals surface area contributed by atoms with Gasteiger partial charge in [-0.3, -0.25) is 9.80 Å². The first-order chi connectivity index (χ1) is 8.16. The highest BCUT2D eigenvalue weighted by Gasteiger charge is 2.37. The van der Waals surface area contributed by atoms with E-state index in [9.17, 15) is 0 Å². The number of hydrogen-bond donors (Lipinski definition) is 1. The lowest BCUT2D eigenvalue weighted by Crippen LogP contribution is -2.57. The highest BCUT2D eigenvalue weighted by Crippen LogP contribution is 2.33. The lowest BCUT2D eigenvalue weighted by molar-refractivity contribution is 0.0489. The molecule has 2 atom stereocenters. The van der Waals surface area contributed by atoms with Gasteiger partial charge < -0.3 is 5.73 Å². The van der Waals surface area contributed by atoms with E-state index in [4.69, 9.17) is 5.73 Å². The van der Waals surface area contributed by atoms with Crippen molar-refractivity contribution >= 4 is 0 Å². The van der Waals surface area contributed by atoms with Gasteiger partial charge in [-0.15, -0.1) is 0 Å². The van der Waals surface area contributed by atoms with Crippen LogP contribution in [0.3, 0.4) is 0 Å². The van der Waals surface area contributed by atoms with Crippen molar-refractivity contribution in [3.63, 3.8) is 0 Å². The molecule has 1 saturated carbocycles. The minimum absolute atomic E-state index is 0.201. The first kappa shape index (κ1) is 11.9. The minimum Gasteiger partial charge on any atom is -0.325 e. The number of nitrogens with two attached hydrogens (primary N) is 1. The molecule has 98 valence electrons. The average Bonchev–Trinajstić information content (AvgIpc) is 2.70. The van der Waals surface area contributed by atoms with Gasteiger partial charge >= 0.3 is 0 Å². The van der Waals surface area contributed by atoms with Crippen molar-refractivity contribution in [1.29, 1.82) is 0 Å². The second-order valence-electron chi connectivity index (χ2n) is 6.60. The molecule has 2 unspecified atom stereocenters. The number of nitrogens with zero attached hydrogens (tertiary/aromatic N) is 2. The molecule has 0 bridgehead atoms. The summed E-state index contributed by atoms with van der Waals surface area (Å²) in [6.07, 6.45) is 7.89. The lowest BCUT2D eigenvalue weighted by atomic mass is 9.75. The fourth-order valence-corrected chi connectivity index (χ4v) is 3.81. The number of fused-ring (bicyclic) bond motifs is 1. The van der Waals surface area contributed by atoms with Crippen LogP contribution in [0.2, 0.25) is 0 Å². The summed E-state index contributed by atoms with van der Waals surface area (Å²) in [4.78, 5) is 5.39. The van der Waals surface area contributed by atoms with Crippen LogP contribution in [0, 0.1) is 0 Å². The molecule has 0 aromatic rings. The van der Waals surface area contributed by atoms with E-state index in [0.717, 1.165) is 12.1 Å². The fourth-order valence-electron chi connectivity index (χ4n) is 3.81. The summed E-state index contributed by atoms with van der Waals surface area (Å²) >= 11 is 0. The molecular formula is C14H27N3. The Balaban J connectivity index is 1.52. The molecule has 0 aromatic heterocycles. The van der Waals surface area contributed by atoms with Gasteiger partial charge in [0.25, 0.3) is 0 Å². The van der Waals surface area contributed by atoms with Gasteiger partial charge in [0.1, 0.15) is 0 Å². The monoisotopic (exact) mass is 237 g/mol. The van der Waals surface area contributed by atoms with Crippen LogP contribution in [0.5, 0.6) is 0 Å². The average molecular weight is 237 g/mol. The Morgan fingerprint density at radius 3 is 2.76 bits per heavy atom. The maximum Gasteiger partial charge on any atom is 0.0224 e. The Kier molecular flexibility index (Phi) is 3.18. The zero-order valence-electron chi connectivity index (χ0n) is 11.2. The van der Waals surface area contributed by atoms with Crippen molar-refractivity contribution in [2.75, 3.05) is 26.2 Å². The summed E-state index contributed by atoms with van der Waals surface area (Å²) in [6, 6.07) is 1.58. The maximum atomic E-state index is 6.34. The van der Waals surface area contributed by atoms with Gasteiger partial charge in [-0.05, 0) is 52.0 Å². The Morgan fingerprint density at radius 2 is 2.06 bits per heavy atom. The highest BCUT2D eigenvalue weighted by atomic mass is 15.3. The molecule has 1 aliphatic carbocycles. The van der Waals surface area contributed by atoms with Crippen LogP contribution in [-0.4, -0.2) is 53.6 Å². The molecule has 0 aromatic carbocycles. The molecule has 3 heteroatoms. The van der Waals surface area contributed by atoms with Crippen LogP contribution in [-0.2, 0) is 0 Å². The normalized spacial score (nSPS) is 37.8. The molecule has 3 aliphatic rings. The molecule has 17 heavy (non-hydrogen) atoms. The number of hydrogen-bond acceptors (Lipinski definition) is 3. The van der Waals surface area contributed by atoms with Gasteiger partial charge in [-0.25, -0.2) is 0 Å². The van der Waals surface area contributed by atoms with Gasteiger partial charge in [0.2, 0.25) is 0 Å². The third kappa shape index (κ3) is 2.38. The maximum absolute atomic E-state index is 6.34.